The summed E-state index contributed by atoms with van der Waals surface area (Å²) in [6.45, 7) is -0.980. The number of hydrogen-bond donors (Lipinski definition) is 2. The Hall–Kier alpha value is -1.43. The first-order chi connectivity index (χ1) is 7.42. The van der Waals surface area contributed by atoms with Gasteiger partial charge in [-0.2, -0.15) is 13.2 Å². The number of nitrogens with two attached hydrogens (primary N) is 1. The quantitative estimate of drug-likeness (QED) is 0.782. The lowest BCUT2D eigenvalue weighted by Crippen LogP contribution is -2.28. The summed E-state index contributed by atoms with van der Waals surface area (Å²) in [5.74, 6) is 0.568. The van der Waals surface area contributed by atoms with E-state index in [1.54, 1.807) is 18.2 Å². The average Bonchev–Trinajstić information content (AvgIpc) is 2.19. The van der Waals surface area contributed by atoms with Gasteiger partial charge in [0.15, 0.2) is 0 Å². The van der Waals surface area contributed by atoms with Gasteiger partial charge in [-0.25, -0.2) is 0 Å². The second-order valence-electron chi connectivity index (χ2n) is 3.28. The molecule has 3 N–H and O–H groups in total. The van der Waals surface area contributed by atoms with E-state index in [1.165, 1.54) is 7.11 Å². The van der Waals surface area contributed by atoms with Crippen LogP contribution in [0.5, 0.6) is 5.75 Å². The molecule has 0 unspecified atom stereocenters. The summed E-state index contributed by atoms with van der Waals surface area (Å²) in [6, 6.07) is 4.87. The van der Waals surface area contributed by atoms with E-state index >= 15 is 0 Å². The van der Waals surface area contributed by atoms with Crippen LogP contribution in [0.15, 0.2) is 18.2 Å². The van der Waals surface area contributed by atoms with Crippen LogP contribution in [0.4, 0.5) is 18.9 Å². The number of nitrogens with one attached hydrogen (secondary N) is 1. The minimum atomic E-state index is -4.21. The van der Waals surface area contributed by atoms with Crippen molar-refractivity contribution >= 4 is 5.69 Å². The fourth-order valence-electron chi connectivity index (χ4n) is 1.20. The molecule has 0 saturated carbocycles. The maximum absolute atomic E-state index is 11.9. The molecule has 0 radical (unpaired) electrons. The molecule has 1 aromatic carbocycles. The van der Waals surface area contributed by atoms with Crippen LogP contribution in [0.2, 0.25) is 0 Å². The zero-order chi connectivity index (χ0) is 12.2. The van der Waals surface area contributed by atoms with Crippen LogP contribution in [0.25, 0.3) is 0 Å². The van der Waals surface area contributed by atoms with E-state index in [-0.39, 0.29) is 6.54 Å². The van der Waals surface area contributed by atoms with Crippen molar-refractivity contribution in [2.45, 2.75) is 12.7 Å². The highest BCUT2D eigenvalue weighted by atomic mass is 19.4. The summed E-state index contributed by atoms with van der Waals surface area (Å²) < 4.78 is 40.6. The minimum absolute atomic E-state index is 0.0581. The Kier molecular flexibility index (Phi) is 4.00. The molecule has 0 spiro atoms. The fourth-order valence-corrected chi connectivity index (χ4v) is 1.20. The Balaban J connectivity index is 2.59. The molecular formula is C10H13F3N2O. The molecule has 0 aliphatic carbocycles. The molecular weight excluding hydrogens is 221 g/mol. The zero-order valence-electron chi connectivity index (χ0n) is 8.77. The highest BCUT2D eigenvalue weighted by Crippen LogP contribution is 2.19. The molecule has 0 saturated heterocycles. The summed E-state index contributed by atoms with van der Waals surface area (Å²) >= 11 is 0. The summed E-state index contributed by atoms with van der Waals surface area (Å²) in [6.07, 6.45) is -4.21. The third kappa shape index (κ3) is 3.98. The number of alkyl halides is 3. The van der Waals surface area contributed by atoms with Gasteiger partial charge in [0.1, 0.15) is 5.75 Å². The number of rotatable bonds is 4. The van der Waals surface area contributed by atoms with E-state index in [2.05, 4.69) is 5.32 Å². The molecule has 0 amide bonds. The lowest BCUT2D eigenvalue weighted by atomic mass is 10.1. The van der Waals surface area contributed by atoms with Crippen molar-refractivity contribution in [2.24, 2.45) is 0 Å². The number of hydrogen-bond acceptors (Lipinski definition) is 3. The van der Waals surface area contributed by atoms with Crippen molar-refractivity contribution in [3.8, 4) is 5.75 Å². The van der Waals surface area contributed by atoms with Gasteiger partial charge in [-0.05, 0) is 23.8 Å². The van der Waals surface area contributed by atoms with Crippen LogP contribution < -0.4 is 15.8 Å². The molecule has 0 atom stereocenters. The van der Waals surface area contributed by atoms with Gasteiger partial charge >= 0.3 is 6.18 Å². The maximum atomic E-state index is 11.9. The molecule has 0 aliphatic rings. The molecule has 0 aromatic heterocycles. The van der Waals surface area contributed by atoms with Crippen LogP contribution in [-0.4, -0.2) is 19.8 Å². The van der Waals surface area contributed by atoms with Gasteiger partial charge in [0.25, 0.3) is 0 Å². The van der Waals surface area contributed by atoms with Crippen LogP contribution in [-0.2, 0) is 6.54 Å². The first-order valence-corrected chi connectivity index (χ1v) is 4.62. The number of anilines is 1. The summed E-state index contributed by atoms with van der Waals surface area (Å²) in [4.78, 5) is 0. The zero-order valence-corrected chi connectivity index (χ0v) is 8.77. The topological polar surface area (TPSA) is 47.3 Å². The van der Waals surface area contributed by atoms with Crippen molar-refractivity contribution in [1.82, 2.24) is 5.32 Å². The van der Waals surface area contributed by atoms with Crippen LogP contribution >= 0.6 is 0 Å². The number of nitrogen functional groups attached to an aromatic ring is 1. The molecule has 6 heteroatoms. The maximum Gasteiger partial charge on any atom is 0.401 e. The number of ether oxygens (including phenoxy) is 1. The summed E-state index contributed by atoms with van der Waals surface area (Å²) in [5, 5.41) is 2.27. The molecule has 90 valence electrons. The monoisotopic (exact) mass is 234 g/mol. The van der Waals surface area contributed by atoms with E-state index in [1.807, 2.05) is 0 Å². The van der Waals surface area contributed by atoms with E-state index in [0.29, 0.717) is 17.0 Å². The molecule has 16 heavy (non-hydrogen) atoms. The van der Waals surface area contributed by atoms with Gasteiger partial charge in [0, 0.05) is 12.2 Å². The number of halogens is 3. The molecule has 1 aromatic rings. The van der Waals surface area contributed by atoms with Gasteiger partial charge < -0.3 is 15.8 Å². The van der Waals surface area contributed by atoms with E-state index in [0.717, 1.165) is 0 Å². The standard InChI is InChI=1S/C10H13F3N2O/c1-16-8-2-3-9(14)7(4-8)5-15-6-10(11,12)13/h2-4,15H,5-6,14H2,1H3. The van der Waals surface area contributed by atoms with Crippen molar-refractivity contribution < 1.29 is 17.9 Å². The first kappa shape index (κ1) is 12.6. The Morgan fingerprint density at radius 2 is 2.06 bits per heavy atom. The van der Waals surface area contributed by atoms with Gasteiger partial charge in [-0.1, -0.05) is 0 Å². The third-order valence-electron chi connectivity index (χ3n) is 1.99. The molecule has 0 heterocycles. The van der Waals surface area contributed by atoms with Crippen LogP contribution in [0.1, 0.15) is 5.56 Å². The van der Waals surface area contributed by atoms with Crippen molar-refractivity contribution in [1.29, 1.82) is 0 Å². The minimum Gasteiger partial charge on any atom is -0.497 e. The Morgan fingerprint density at radius 3 is 2.62 bits per heavy atom. The Bertz CT molecular complexity index is 352. The summed E-state index contributed by atoms with van der Waals surface area (Å²) in [7, 11) is 1.48. The normalized spacial score (nSPS) is 11.5. The number of methoxy groups -OCH3 is 1. The molecule has 3 nitrogen and oxygen atoms in total. The van der Waals surface area contributed by atoms with Gasteiger partial charge in [0.2, 0.25) is 0 Å². The Labute approximate surface area is 91.4 Å². The van der Waals surface area contributed by atoms with E-state index in [4.69, 9.17) is 10.5 Å². The van der Waals surface area contributed by atoms with Crippen molar-refractivity contribution in [3.63, 3.8) is 0 Å². The first-order valence-electron chi connectivity index (χ1n) is 4.62. The van der Waals surface area contributed by atoms with E-state index < -0.39 is 12.7 Å². The SMILES string of the molecule is COc1ccc(N)c(CNCC(F)(F)F)c1. The highest BCUT2D eigenvalue weighted by Gasteiger charge is 2.26. The predicted molar refractivity (Wildman–Crippen MR) is 55.2 cm³/mol. The summed E-state index contributed by atoms with van der Waals surface area (Å²) in [5.41, 5.74) is 6.64. The second-order valence-corrected chi connectivity index (χ2v) is 3.28. The Morgan fingerprint density at radius 1 is 1.38 bits per heavy atom. The van der Waals surface area contributed by atoms with Gasteiger partial charge in [-0.3, -0.25) is 0 Å². The lowest BCUT2D eigenvalue weighted by molar-refractivity contribution is -0.125. The van der Waals surface area contributed by atoms with Gasteiger partial charge in [0.05, 0.1) is 13.7 Å². The van der Waals surface area contributed by atoms with Crippen molar-refractivity contribution in [3.05, 3.63) is 23.8 Å². The van der Waals surface area contributed by atoms with Crippen molar-refractivity contribution in [2.75, 3.05) is 19.4 Å². The molecule has 0 fully saturated rings. The van der Waals surface area contributed by atoms with Crippen LogP contribution in [0.3, 0.4) is 0 Å². The third-order valence-corrected chi connectivity index (χ3v) is 1.99. The molecule has 0 aliphatic heterocycles. The molecule has 1 rings (SSSR count). The van der Waals surface area contributed by atoms with Gasteiger partial charge in [-0.15, -0.1) is 0 Å². The van der Waals surface area contributed by atoms with Crippen LogP contribution in [0, 0.1) is 0 Å². The average molecular weight is 234 g/mol. The lowest BCUT2D eigenvalue weighted by Gasteiger charge is -2.11. The van der Waals surface area contributed by atoms with E-state index in [9.17, 15) is 13.2 Å². The highest BCUT2D eigenvalue weighted by molar-refractivity contribution is 5.50. The fraction of sp³-hybridized carbons (Fsp3) is 0.400. The number of benzene rings is 1. The largest absolute Gasteiger partial charge is 0.497 e. The second kappa shape index (κ2) is 5.07. The predicted octanol–water partition coefficient (Wildman–Crippen LogP) is 1.93. The smallest absolute Gasteiger partial charge is 0.401 e. The molecule has 0 bridgehead atoms.